The van der Waals surface area contributed by atoms with E-state index in [0.29, 0.717) is 5.01 Å². The van der Waals surface area contributed by atoms with E-state index in [4.69, 9.17) is 0 Å². The lowest BCUT2D eigenvalue weighted by Crippen LogP contribution is -2.48. The molecule has 0 N–H and O–H groups in total. The molecule has 5 nitrogen and oxygen atoms in total. The highest BCUT2D eigenvalue weighted by molar-refractivity contribution is 9.10. The number of hydrogen-bond donors (Lipinski definition) is 0. The second kappa shape index (κ2) is 9.52. The number of anilines is 1. The summed E-state index contributed by atoms with van der Waals surface area (Å²) in [6.45, 7) is 3.65. The van der Waals surface area contributed by atoms with Crippen LogP contribution in [0, 0.1) is 11.3 Å². The van der Waals surface area contributed by atoms with Gasteiger partial charge in [-0.2, -0.15) is 5.26 Å². The van der Waals surface area contributed by atoms with E-state index in [9.17, 15) is 10.1 Å². The Morgan fingerprint density at radius 2 is 1.80 bits per heavy atom. The van der Waals surface area contributed by atoms with Crippen LogP contribution >= 0.6 is 27.3 Å². The van der Waals surface area contributed by atoms with Crippen LogP contribution in [0.2, 0.25) is 0 Å². The Morgan fingerprint density at radius 1 is 1.10 bits per heavy atom. The van der Waals surface area contributed by atoms with Gasteiger partial charge in [0, 0.05) is 47.3 Å². The number of hydrogen-bond acceptors (Lipinski definition) is 6. The van der Waals surface area contributed by atoms with Gasteiger partial charge in [0.2, 0.25) is 0 Å². The molecule has 0 aliphatic carbocycles. The molecule has 30 heavy (non-hydrogen) atoms. The van der Waals surface area contributed by atoms with Gasteiger partial charge in [0.15, 0.2) is 11.7 Å². The molecule has 0 saturated carbocycles. The van der Waals surface area contributed by atoms with Crippen molar-refractivity contribution >= 4 is 38.7 Å². The van der Waals surface area contributed by atoms with Gasteiger partial charge in [-0.1, -0.05) is 46.3 Å². The quantitative estimate of drug-likeness (QED) is 0.516. The number of nitriles is 1. The summed E-state index contributed by atoms with van der Waals surface area (Å²) in [5, 5.41) is 12.1. The number of ketones is 1. The summed E-state index contributed by atoms with van der Waals surface area (Å²) < 4.78 is 0.999. The molecular weight excluding hydrogens is 460 g/mol. The molecule has 0 radical (unpaired) electrons. The normalized spacial score (nSPS) is 15.5. The number of para-hydroxylation sites is 1. The zero-order valence-electron chi connectivity index (χ0n) is 16.4. The molecule has 1 unspecified atom stereocenters. The fourth-order valence-corrected chi connectivity index (χ4v) is 4.71. The van der Waals surface area contributed by atoms with Crippen LogP contribution in [0.25, 0.3) is 11.3 Å². The van der Waals surface area contributed by atoms with Crippen LogP contribution in [0.15, 0.2) is 64.5 Å². The molecule has 3 aromatic rings. The van der Waals surface area contributed by atoms with Crippen LogP contribution in [-0.4, -0.2) is 48.4 Å². The standard InChI is InChI=1S/C23H21BrN4OS/c24-18-8-6-17(7-9-18)21-16-30-23(26-21)20(14-25)22(29)15-27-10-12-28(13-11-27)19-4-2-1-3-5-19/h1-9,16,20H,10-13,15H2. The highest BCUT2D eigenvalue weighted by Gasteiger charge is 2.27. The summed E-state index contributed by atoms with van der Waals surface area (Å²) in [5.41, 5.74) is 2.98. The first-order valence-corrected chi connectivity index (χ1v) is 11.5. The number of piperazine rings is 1. The molecule has 1 aromatic heterocycles. The van der Waals surface area contributed by atoms with Crippen LogP contribution in [0.4, 0.5) is 5.69 Å². The van der Waals surface area contributed by atoms with Crippen molar-refractivity contribution in [1.82, 2.24) is 9.88 Å². The van der Waals surface area contributed by atoms with Crippen molar-refractivity contribution in [2.45, 2.75) is 5.92 Å². The summed E-state index contributed by atoms with van der Waals surface area (Å²) in [6.07, 6.45) is 0. The molecular formula is C23H21BrN4OS. The second-order valence-corrected chi connectivity index (χ2v) is 9.01. The molecule has 2 heterocycles. The molecule has 152 valence electrons. The fourth-order valence-electron chi connectivity index (χ4n) is 3.55. The molecule has 4 rings (SSSR count). The third-order valence-electron chi connectivity index (χ3n) is 5.23. The number of carbonyl (C=O) groups is 1. The summed E-state index contributed by atoms with van der Waals surface area (Å²) in [7, 11) is 0. The lowest BCUT2D eigenvalue weighted by Gasteiger charge is -2.35. The Balaban J connectivity index is 1.37. The molecule has 0 bridgehead atoms. The van der Waals surface area contributed by atoms with Crippen LogP contribution < -0.4 is 4.90 Å². The van der Waals surface area contributed by atoms with Gasteiger partial charge in [-0.3, -0.25) is 9.69 Å². The minimum absolute atomic E-state index is 0.0811. The zero-order chi connectivity index (χ0) is 20.9. The lowest BCUT2D eigenvalue weighted by molar-refractivity contribution is -0.120. The number of halogens is 1. The maximum Gasteiger partial charge on any atom is 0.170 e. The van der Waals surface area contributed by atoms with E-state index >= 15 is 0 Å². The number of carbonyl (C=O) groups excluding carboxylic acids is 1. The highest BCUT2D eigenvalue weighted by Crippen LogP contribution is 2.28. The van der Waals surface area contributed by atoms with Gasteiger partial charge in [0.1, 0.15) is 5.01 Å². The minimum atomic E-state index is -0.814. The molecule has 1 fully saturated rings. The largest absolute Gasteiger partial charge is 0.369 e. The third-order valence-corrected chi connectivity index (χ3v) is 6.67. The van der Waals surface area contributed by atoms with E-state index in [1.807, 2.05) is 47.8 Å². The predicted molar refractivity (Wildman–Crippen MR) is 124 cm³/mol. The van der Waals surface area contributed by atoms with E-state index < -0.39 is 5.92 Å². The Bertz CT molecular complexity index is 1040. The van der Waals surface area contributed by atoms with Crippen molar-refractivity contribution in [2.24, 2.45) is 0 Å². The summed E-state index contributed by atoms with van der Waals surface area (Å²) in [6, 6.07) is 20.3. The number of rotatable bonds is 6. The lowest BCUT2D eigenvalue weighted by atomic mass is 10.1. The van der Waals surface area contributed by atoms with Gasteiger partial charge in [-0.25, -0.2) is 4.98 Å². The van der Waals surface area contributed by atoms with Gasteiger partial charge in [0.05, 0.1) is 18.3 Å². The molecule has 0 amide bonds. The summed E-state index contributed by atoms with van der Waals surface area (Å²) >= 11 is 4.80. The maximum absolute atomic E-state index is 12.9. The van der Waals surface area contributed by atoms with E-state index in [-0.39, 0.29) is 12.3 Å². The van der Waals surface area contributed by atoms with Gasteiger partial charge in [-0.15, -0.1) is 11.3 Å². The van der Waals surface area contributed by atoms with Crippen LogP contribution in [-0.2, 0) is 4.79 Å². The Kier molecular flexibility index (Phi) is 6.58. The Labute approximate surface area is 188 Å². The van der Waals surface area contributed by atoms with E-state index in [1.54, 1.807) is 0 Å². The SMILES string of the molecule is N#CC(C(=O)CN1CCN(c2ccccc2)CC1)c1nc(-c2ccc(Br)cc2)cs1. The van der Waals surface area contributed by atoms with Gasteiger partial charge in [-0.05, 0) is 24.3 Å². The van der Waals surface area contributed by atoms with Crippen LogP contribution in [0.5, 0.6) is 0 Å². The average molecular weight is 481 g/mol. The van der Waals surface area contributed by atoms with Gasteiger partial charge in [0.25, 0.3) is 0 Å². The van der Waals surface area contributed by atoms with Crippen molar-refractivity contribution in [3.05, 3.63) is 69.5 Å². The predicted octanol–water partition coefficient (Wildman–Crippen LogP) is 4.57. The molecule has 0 spiro atoms. The van der Waals surface area contributed by atoms with E-state index in [1.165, 1.54) is 17.0 Å². The fraction of sp³-hybridized carbons (Fsp3) is 0.261. The second-order valence-electron chi connectivity index (χ2n) is 7.21. The van der Waals surface area contributed by atoms with Crippen molar-refractivity contribution in [3.63, 3.8) is 0 Å². The van der Waals surface area contributed by atoms with Gasteiger partial charge < -0.3 is 4.90 Å². The maximum atomic E-state index is 12.9. The average Bonchev–Trinajstić information content (AvgIpc) is 3.26. The van der Waals surface area contributed by atoms with Crippen molar-refractivity contribution in [2.75, 3.05) is 37.6 Å². The number of aromatic nitrogens is 1. The first kappa shape index (κ1) is 20.7. The molecule has 1 aliphatic heterocycles. The van der Waals surface area contributed by atoms with Crippen LogP contribution in [0.1, 0.15) is 10.9 Å². The van der Waals surface area contributed by atoms with Gasteiger partial charge >= 0.3 is 0 Å². The van der Waals surface area contributed by atoms with E-state index in [0.717, 1.165) is 41.9 Å². The van der Waals surface area contributed by atoms with E-state index in [2.05, 4.69) is 48.9 Å². The molecule has 1 atom stereocenters. The number of benzene rings is 2. The topological polar surface area (TPSA) is 60.2 Å². The molecule has 1 aliphatic rings. The first-order valence-electron chi connectivity index (χ1n) is 9.80. The molecule has 1 saturated heterocycles. The first-order chi connectivity index (χ1) is 14.6. The number of Topliss-reactive ketones (excluding diaryl/α,β-unsaturated/α-hetero) is 1. The summed E-state index contributed by atoms with van der Waals surface area (Å²) in [5.74, 6) is -0.895. The number of nitrogens with zero attached hydrogens (tertiary/aromatic N) is 4. The third kappa shape index (κ3) is 4.78. The summed E-state index contributed by atoms with van der Waals surface area (Å²) in [4.78, 5) is 21.9. The smallest absolute Gasteiger partial charge is 0.170 e. The Hall–Kier alpha value is -2.53. The van der Waals surface area contributed by atoms with Crippen molar-refractivity contribution < 1.29 is 4.79 Å². The van der Waals surface area contributed by atoms with Crippen molar-refractivity contribution in [1.29, 1.82) is 5.26 Å². The minimum Gasteiger partial charge on any atom is -0.369 e. The number of thiazole rings is 1. The Morgan fingerprint density at radius 3 is 2.47 bits per heavy atom. The monoisotopic (exact) mass is 480 g/mol. The molecule has 2 aromatic carbocycles. The van der Waals surface area contributed by atoms with Crippen molar-refractivity contribution in [3.8, 4) is 17.3 Å². The zero-order valence-corrected chi connectivity index (χ0v) is 18.8. The highest BCUT2D eigenvalue weighted by atomic mass is 79.9. The molecule has 7 heteroatoms. The van der Waals surface area contributed by atoms with Crippen LogP contribution in [0.3, 0.4) is 0 Å².